The monoisotopic (exact) mass is 283 g/mol. The quantitative estimate of drug-likeness (QED) is 0.755. The molecule has 0 amide bonds. The number of nitrogens with one attached hydrogen (secondary N) is 2. The summed E-state index contributed by atoms with van der Waals surface area (Å²) in [7, 11) is 0. The second kappa shape index (κ2) is 5.20. The van der Waals surface area contributed by atoms with Crippen molar-refractivity contribution in [3.63, 3.8) is 0 Å². The average Bonchev–Trinajstić information content (AvgIpc) is 2.76. The summed E-state index contributed by atoms with van der Waals surface area (Å²) in [5.74, 6) is 0.732. The summed E-state index contributed by atoms with van der Waals surface area (Å²) in [4.78, 5) is 7.61. The highest BCUT2D eigenvalue weighted by Crippen LogP contribution is 2.20. The highest BCUT2D eigenvalue weighted by Gasteiger charge is 2.06. The van der Waals surface area contributed by atoms with Gasteiger partial charge in [0.2, 0.25) is 0 Å². The van der Waals surface area contributed by atoms with Crippen LogP contribution < -0.4 is 5.32 Å². The second-order valence-electron chi connectivity index (χ2n) is 5.43. The number of benzene rings is 2. The fourth-order valence-corrected chi connectivity index (χ4v) is 2.66. The summed E-state index contributed by atoms with van der Waals surface area (Å²) in [5.41, 5.74) is 6.08. The molecular weight excluding hydrogens is 265 g/mol. The number of nitrogens with zero attached hydrogens (tertiary/aromatic N) is 1. The van der Waals surface area contributed by atoms with E-state index in [2.05, 4.69) is 15.3 Å². The lowest BCUT2D eigenvalue weighted by molar-refractivity contribution is 0.624. The van der Waals surface area contributed by atoms with Gasteiger partial charge in [-0.25, -0.2) is 9.37 Å². The van der Waals surface area contributed by atoms with Crippen molar-refractivity contribution in [1.82, 2.24) is 9.97 Å². The van der Waals surface area contributed by atoms with Crippen LogP contribution >= 0.6 is 0 Å². The van der Waals surface area contributed by atoms with E-state index in [1.54, 1.807) is 12.1 Å². The molecule has 0 atom stereocenters. The molecule has 4 heteroatoms. The smallest absolute Gasteiger partial charge is 0.123 e. The van der Waals surface area contributed by atoms with Gasteiger partial charge in [0.1, 0.15) is 11.6 Å². The van der Waals surface area contributed by atoms with E-state index < -0.39 is 0 Å². The summed E-state index contributed by atoms with van der Waals surface area (Å²) in [6.45, 7) is 6.50. The molecule has 0 aliphatic heterocycles. The molecule has 1 aromatic heterocycles. The van der Waals surface area contributed by atoms with Crippen LogP contribution in [0.15, 0.2) is 30.3 Å². The minimum atomic E-state index is -0.178. The molecule has 0 aliphatic carbocycles. The summed E-state index contributed by atoms with van der Waals surface area (Å²) >= 11 is 0. The predicted molar refractivity (Wildman–Crippen MR) is 84.0 cm³/mol. The van der Waals surface area contributed by atoms with Crippen molar-refractivity contribution in [2.45, 2.75) is 27.3 Å². The number of anilines is 1. The molecular formula is C17H18FN3. The zero-order valence-corrected chi connectivity index (χ0v) is 12.4. The highest BCUT2D eigenvalue weighted by molar-refractivity contribution is 5.79. The number of aromatic amines is 1. The van der Waals surface area contributed by atoms with Gasteiger partial charge in [0.05, 0.1) is 11.0 Å². The van der Waals surface area contributed by atoms with E-state index in [0.29, 0.717) is 6.54 Å². The Morgan fingerprint density at radius 3 is 2.52 bits per heavy atom. The Bertz CT molecular complexity index is 782. The van der Waals surface area contributed by atoms with Crippen molar-refractivity contribution in [3.8, 4) is 0 Å². The van der Waals surface area contributed by atoms with Crippen molar-refractivity contribution in [3.05, 3.63) is 58.7 Å². The maximum atomic E-state index is 13.3. The van der Waals surface area contributed by atoms with Crippen LogP contribution in [0.5, 0.6) is 0 Å². The third kappa shape index (κ3) is 2.75. The third-order valence-electron chi connectivity index (χ3n) is 3.73. The molecule has 0 radical (unpaired) electrons. The fourth-order valence-electron chi connectivity index (χ4n) is 2.66. The number of hydrogen-bond donors (Lipinski definition) is 2. The van der Waals surface area contributed by atoms with Crippen LogP contribution in [0.2, 0.25) is 0 Å². The Hall–Kier alpha value is -2.36. The highest BCUT2D eigenvalue weighted by atomic mass is 19.1. The summed E-state index contributed by atoms with van der Waals surface area (Å²) < 4.78 is 13.3. The summed E-state index contributed by atoms with van der Waals surface area (Å²) in [5, 5.41) is 3.39. The standard InChI is InChI=1S/C17H18FN3/c1-10-6-13(18)7-11(2)15(10)9-19-14-4-5-16-17(8-14)21-12(3)20-16/h4-8,19H,9H2,1-3H3,(H,20,21). The summed E-state index contributed by atoms with van der Waals surface area (Å²) in [6, 6.07) is 9.20. The van der Waals surface area contributed by atoms with E-state index >= 15 is 0 Å². The molecule has 0 spiro atoms. The van der Waals surface area contributed by atoms with E-state index in [9.17, 15) is 4.39 Å². The van der Waals surface area contributed by atoms with Gasteiger partial charge in [-0.2, -0.15) is 0 Å². The largest absolute Gasteiger partial charge is 0.381 e. The van der Waals surface area contributed by atoms with E-state index in [1.165, 1.54) is 0 Å². The van der Waals surface area contributed by atoms with Gasteiger partial charge < -0.3 is 10.3 Å². The minimum Gasteiger partial charge on any atom is -0.381 e. The molecule has 1 heterocycles. The van der Waals surface area contributed by atoms with Crippen LogP contribution in [0.25, 0.3) is 11.0 Å². The normalized spacial score (nSPS) is 11.0. The van der Waals surface area contributed by atoms with E-state index in [-0.39, 0.29) is 5.82 Å². The first kappa shape index (κ1) is 13.6. The lowest BCUT2D eigenvalue weighted by Gasteiger charge is -2.12. The molecule has 21 heavy (non-hydrogen) atoms. The molecule has 3 nitrogen and oxygen atoms in total. The number of rotatable bonds is 3. The molecule has 0 aliphatic rings. The van der Waals surface area contributed by atoms with Gasteiger partial charge in [0.15, 0.2) is 0 Å². The predicted octanol–water partition coefficient (Wildman–Crippen LogP) is 4.24. The Balaban J connectivity index is 1.83. The molecule has 3 aromatic rings. The van der Waals surface area contributed by atoms with Crippen LogP contribution in [0.1, 0.15) is 22.5 Å². The fraction of sp³-hybridized carbons (Fsp3) is 0.235. The van der Waals surface area contributed by atoms with Gasteiger partial charge in [-0.15, -0.1) is 0 Å². The van der Waals surface area contributed by atoms with E-state index in [0.717, 1.165) is 39.2 Å². The first-order valence-corrected chi connectivity index (χ1v) is 6.99. The average molecular weight is 283 g/mol. The van der Waals surface area contributed by atoms with E-state index in [4.69, 9.17) is 0 Å². The molecule has 0 saturated heterocycles. The Labute approximate surface area is 123 Å². The minimum absolute atomic E-state index is 0.178. The van der Waals surface area contributed by atoms with Crippen molar-refractivity contribution < 1.29 is 4.39 Å². The van der Waals surface area contributed by atoms with Crippen LogP contribution in [0.4, 0.5) is 10.1 Å². The molecule has 2 N–H and O–H groups in total. The summed E-state index contributed by atoms with van der Waals surface area (Å²) in [6.07, 6.45) is 0. The van der Waals surface area contributed by atoms with Crippen molar-refractivity contribution in [2.24, 2.45) is 0 Å². The van der Waals surface area contributed by atoms with Crippen LogP contribution in [-0.4, -0.2) is 9.97 Å². The maximum absolute atomic E-state index is 13.3. The maximum Gasteiger partial charge on any atom is 0.123 e. The van der Waals surface area contributed by atoms with Crippen LogP contribution in [0.3, 0.4) is 0 Å². The number of aromatic nitrogens is 2. The SMILES string of the molecule is Cc1nc2ccc(NCc3c(C)cc(F)cc3C)cc2[nH]1. The van der Waals surface area contributed by atoms with Crippen LogP contribution in [-0.2, 0) is 6.54 Å². The Morgan fingerprint density at radius 2 is 1.81 bits per heavy atom. The zero-order valence-electron chi connectivity index (χ0n) is 12.4. The number of aryl methyl sites for hydroxylation is 3. The molecule has 3 rings (SSSR count). The van der Waals surface area contributed by atoms with Gasteiger partial charge in [-0.05, 0) is 67.8 Å². The third-order valence-corrected chi connectivity index (χ3v) is 3.73. The molecule has 0 saturated carbocycles. The lowest BCUT2D eigenvalue weighted by atomic mass is 10.0. The molecule has 0 fully saturated rings. The first-order valence-electron chi connectivity index (χ1n) is 6.99. The van der Waals surface area contributed by atoms with Gasteiger partial charge in [-0.1, -0.05) is 0 Å². The molecule has 0 bridgehead atoms. The topological polar surface area (TPSA) is 40.7 Å². The number of hydrogen-bond acceptors (Lipinski definition) is 2. The number of imidazole rings is 1. The molecule has 2 aromatic carbocycles. The first-order chi connectivity index (χ1) is 10.0. The van der Waals surface area contributed by atoms with Crippen molar-refractivity contribution in [1.29, 1.82) is 0 Å². The van der Waals surface area contributed by atoms with Crippen molar-refractivity contribution in [2.75, 3.05) is 5.32 Å². The lowest BCUT2D eigenvalue weighted by Crippen LogP contribution is -2.04. The number of halogens is 1. The molecule has 108 valence electrons. The Kier molecular flexibility index (Phi) is 3.37. The zero-order chi connectivity index (χ0) is 15.0. The van der Waals surface area contributed by atoms with Gasteiger partial charge >= 0.3 is 0 Å². The van der Waals surface area contributed by atoms with Crippen molar-refractivity contribution >= 4 is 16.7 Å². The molecule has 0 unspecified atom stereocenters. The number of fused-ring (bicyclic) bond motifs is 1. The second-order valence-corrected chi connectivity index (χ2v) is 5.43. The van der Waals surface area contributed by atoms with Gasteiger partial charge in [-0.3, -0.25) is 0 Å². The van der Waals surface area contributed by atoms with Gasteiger partial charge in [0, 0.05) is 12.2 Å². The Morgan fingerprint density at radius 1 is 1.10 bits per heavy atom. The van der Waals surface area contributed by atoms with Crippen LogP contribution in [0, 0.1) is 26.6 Å². The number of H-pyrrole nitrogens is 1. The van der Waals surface area contributed by atoms with Gasteiger partial charge in [0.25, 0.3) is 0 Å². The van der Waals surface area contributed by atoms with E-state index in [1.807, 2.05) is 39.0 Å².